The Hall–Kier alpha value is -2.84. The van der Waals surface area contributed by atoms with Crippen molar-refractivity contribution < 1.29 is 27.9 Å². The number of carbonyl (C=O) groups excluding carboxylic acids is 1. The molecule has 0 radical (unpaired) electrons. The Morgan fingerprint density at radius 2 is 1.72 bits per heavy atom. The fourth-order valence-electron chi connectivity index (χ4n) is 3.90. The van der Waals surface area contributed by atoms with Crippen LogP contribution in [0, 0.1) is 11.8 Å². The lowest BCUT2D eigenvalue weighted by Gasteiger charge is -2.34. The van der Waals surface area contributed by atoms with Crippen LogP contribution in [-0.2, 0) is 22.4 Å². The van der Waals surface area contributed by atoms with E-state index in [9.17, 15) is 22.8 Å². The number of hydrogen-bond donors (Lipinski definition) is 2. The maximum atomic E-state index is 14.0. The Labute approximate surface area is 214 Å². The van der Waals surface area contributed by atoms with Gasteiger partial charge in [0.05, 0.1) is 11.1 Å². The molecule has 0 saturated heterocycles. The fourth-order valence-corrected chi connectivity index (χ4v) is 4.28. The largest absolute Gasteiger partial charge is 0.478 e. The topological polar surface area (TPSA) is 69.6 Å². The molecule has 36 heavy (non-hydrogen) atoms. The van der Waals surface area contributed by atoms with Crippen molar-refractivity contribution in [3.05, 3.63) is 76.5 Å². The lowest BCUT2D eigenvalue weighted by molar-refractivity contribution is -0.138. The molecule has 0 fully saturated rings. The molecule has 1 atom stereocenters. The molecule has 9 heteroatoms. The highest BCUT2D eigenvalue weighted by atomic mass is 35.5. The monoisotopic (exact) mass is 524 g/mol. The molecule has 5 nitrogen and oxygen atoms in total. The van der Waals surface area contributed by atoms with E-state index >= 15 is 0 Å². The first-order chi connectivity index (χ1) is 16.7. The lowest BCUT2D eigenvalue weighted by Crippen LogP contribution is -2.39. The zero-order valence-corrected chi connectivity index (χ0v) is 21.7. The normalized spacial score (nSPS) is 14.1. The third kappa shape index (κ3) is 6.89. The second-order valence-electron chi connectivity index (χ2n) is 9.31. The Morgan fingerprint density at radius 3 is 2.17 bits per heavy atom. The summed E-state index contributed by atoms with van der Waals surface area (Å²) in [5, 5.41) is 12.1. The second kappa shape index (κ2) is 11.9. The molecular formula is C27H32ClF3N2O3. The zero-order valence-electron chi connectivity index (χ0n) is 21.0. The van der Waals surface area contributed by atoms with Crippen LogP contribution >= 0.6 is 11.6 Å². The summed E-state index contributed by atoms with van der Waals surface area (Å²) in [5.74, 6) is -1.12. The highest BCUT2D eigenvalue weighted by Crippen LogP contribution is 2.42. The van der Waals surface area contributed by atoms with E-state index in [4.69, 9.17) is 16.7 Å². The summed E-state index contributed by atoms with van der Waals surface area (Å²) in [6.45, 7) is 7.55. The Balaban J connectivity index is 2.62. The molecule has 196 valence electrons. The van der Waals surface area contributed by atoms with Crippen LogP contribution in [-0.4, -0.2) is 24.5 Å². The Bertz CT molecular complexity index is 1100. The fraction of sp³-hybridized carbons (Fsp3) is 0.407. The molecule has 2 aromatic rings. The molecule has 0 heterocycles. The molecule has 0 aliphatic rings. The van der Waals surface area contributed by atoms with Gasteiger partial charge in [0.2, 0.25) is 6.41 Å². The van der Waals surface area contributed by atoms with Crippen LogP contribution in [0.1, 0.15) is 61.2 Å². The minimum Gasteiger partial charge on any atom is -0.478 e. The lowest BCUT2D eigenvalue weighted by atomic mass is 9.87. The number of rotatable bonds is 11. The number of alkyl halides is 4. The molecule has 0 aliphatic carbocycles. The first-order valence-corrected chi connectivity index (χ1v) is 12.0. The van der Waals surface area contributed by atoms with Gasteiger partial charge in [0, 0.05) is 11.9 Å². The van der Waals surface area contributed by atoms with Crippen LogP contribution in [0.3, 0.4) is 0 Å². The van der Waals surface area contributed by atoms with E-state index in [2.05, 4.69) is 5.32 Å². The van der Waals surface area contributed by atoms with Crippen LogP contribution < -0.4 is 10.2 Å². The van der Waals surface area contributed by atoms with Crippen molar-refractivity contribution >= 4 is 29.7 Å². The standard InChI is InChI=1S/C27H32ClF3N2O3/c1-17(2)6-7-19-8-11-21(14-23(19)27(29,30)31)26(28,32-5)24(18(3)4)15-33(16-34)22-12-9-20(10-13-22)25(35)36/h8-18,32H,6-7H2,1-5H3,(H,35,36)/b24-15-. The summed E-state index contributed by atoms with van der Waals surface area (Å²) in [7, 11) is 1.54. The zero-order chi connectivity index (χ0) is 27.3. The number of nitrogens with one attached hydrogen (secondary N) is 1. The smallest absolute Gasteiger partial charge is 0.416 e. The SMILES string of the molecule is CNC(Cl)(/C(=C\N(C=O)c1ccc(C(=O)O)cc1)C(C)C)c1ccc(CCC(C)C)c(C(F)(F)F)c1. The third-order valence-electron chi connectivity index (χ3n) is 5.97. The van der Waals surface area contributed by atoms with Crippen molar-refractivity contribution in [1.82, 2.24) is 5.32 Å². The highest BCUT2D eigenvalue weighted by molar-refractivity contribution is 6.25. The van der Waals surface area contributed by atoms with E-state index in [-0.39, 0.29) is 28.5 Å². The number of carbonyl (C=O) groups is 2. The molecule has 1 unspecified atom stereocenters. The van der Waals surface area contributed by atoms with Gasteiger partial charge in [-0.1, -0.05) is 51.4 Å². The van der Waals surface area contributed by atoms with Gasteiger partial charge >= 0.3 is 12.1 Å². The first-order valence-electron chi connectivity index (χ1n) is 11.6. The van der Waals surface area contributed by atoms with Crippen molar-refractivity contribution in [2.24, 2.45) is 11.8 Å². The maximum Gasteiger partial charge on any atom is 0.416 e. The van der Waals surface area contributed by atoms with Crippen molar-refractivity contribution in [2.45, 2.75) is 51.7 Å². The van der Waals surface area contributed by atoms with E-state index in [1.54, 1.807) is 6.07 Å². The predicted molar refractivity (Wildman–Crippen MR) is 136 cm³/mol. The second-order valence-corrected chi connectivity index (χ2v) is 9.88. The minimum absolute atomic E-state index is 0.0526. The number of amides is 1. The molecule has 2 N–H and O–H groups in total. The van der Waals surface area contributed by atoms with Gasteiger partial charge in [0.15, 0.2) is 0 Å². The molecule has 0 saturated carbocycles. The number of benzene rings is 2. The number of carboxylic acids is 1. The molecule has 0 bridgehead atoms. The first kappa shape index (κ1) is 29.4. The van der Waals surface area contributed by atoms with Crippen LogP contribution in [0.15, 0.2) is 54.2 Å². The van der Waals surface area contributed by atoms with Crippen LogP contribution in [0.5, 0.6) is 0 Å². The molecule has 1 amide bonds. The van der Waals surface area contributed by atoms with Crippen molar-refractivity contribution in [2.75, 3.05) is 11.9 Å². The molecule has 0 aromatic heterocycles. The van der Waals surface area contributed by atoms with Gasteiger partial charge in [0.25, 0.3) is 0 Å². The molecule has 2 aromatic carbocycles. The number of hydrogen-bond acceptors (Lipinski definition) is 3. The quantitative estimate of drug-likeness (QED) is 0.192. The minimum atomic E-state index is -4.56. The molecular weight excluding hydrogens is 493 g/mol. The summed E-state index contributed by atoms with van der Waals surface area (Å²) >= 11 is 7.00. The summed E-state index contributed by atoms with van der Waals surface area (Å²) in [6, 6.07) is 9.76. The molecule has 2 rings (SSSR count). The number of likely N-dealkylation sites (N-methyl/N-ethyl adjacent to an activating group) is 1. The van der Waals surface area contributed by atoms with Crippen molar-refractivity contribution in [3.8, 4) is 0 Å². The number of nitrogens with zero attached hydrogens (tertiary/aromatic N) is 1. The summed E-state index contributed by atoms with van der Waals surface area (Å²) in [4.78, 5) is 22.8. The highest BCUT2D eigenvalue weighted by Gasteiger charge is 2.39. The van der Waals surface area contributed by atoms with Crippen molar-refractivity contribution in [1.29, 1.82) is 0 Å². The van der Waals surface area contributed by atoms with E-state index in [0.29, 0.717) is 30.5 Å². The number of anilines is 1. The van der Waals surface area contributed by atoms with Gasteiger partial charge in [-0.2, -0.15) is 13.2 Å². The Kier molecular flexibility index (Phi) is 9.74. The van der Waals surface area contributed by atoms with Gasteiger partial charge in [0.1, 0.15) is 5.00 Å². The number of aromatic carboxylic acids is 1. The van der Waals surface area contributed by atoms with E-state index < -0.39 is 22.7 Å². The maximum absolute atomic E-state index is 14.0. The predicted octanol–water partition coefficient (Wildman–Crippen LogP) is 6.81. The van der Waals surface area contributed by atoms with Crippen LogP contribution in [0.25, 0.3) is 0 Å². The number of carboxylic acid groups (broad SMARTS) is 1. The van der Waals surface area contributed by atoms with E-state index in [0.717, 1.165) is 6.07 Å². The number of aryl methyl sites for hydroxylation is 1. The average molecular weight is 525 g/mol. The molecule has 0 spiro atoms. The van der Waals surface area contributed by atoms with E-state index in [1.807, 2.05) is 27.7 Å². The summed E-state index contributed by atoms with van der Waals surface area (Å²) in [5.41, 5.74) is 0.544. The van der Waals surface area contributed by atoms with Crippen LogP contribution in [0.2, 0.25) is 0 Å². The summed E-state index contributed by atoms with van der Waals surface area (Å²) in [6.07, 6.45) is -1.65. The van der Waals surface area contributed by atoms with Crippen LogP contribution in [0.4, 0.5) is 18.9 Å². The van der Waals surface area contributed by atoms with Gasteiger partial charge in [-0.3, -0.25) is 15.0 Å². The van der Waals surface area contributed by atoms with Crippen molar-refractivity contribution in [3.63, 3.8) is 0 Å². The van der Waals surface area contributed by atoms with Gasteiger partial charge in [-0.25, -0.2) is 4.79 Å². The average Bonchev–Trinajstić information content (AvgIpc) is 2.82. The summed E-state index contributed by atoms with van der Waals surface area (Å²) < 4.78 is 42.0. The van der Waals surface area contributed by atoms with Gasteiger partial charge < -0.3 is 5.11 Å². The third-order valence-corrected chi connectivity index (χ3v) is 6.60. The van der Waals surface area contributed by atoms with Gasteiger partial charge in [-0.05, 0) is 78.8 Å². The Morgan fingerprint density at radius 1 is 1.11 bits per heavy atom. The van der Waals surface area contributed by atoms with Gasteiger partial charge in [-0.15, -0.1) is 0 Å². The molecule has 0 aliphatic heterocycles. The van der Waals surface area contributed by atoms with E-state index in [1.165, 1.54) is 48.5 Å². The number of halogens is 4.